The van der Waals surface area contributed by atoms with Crippen LogP contribution in [-0.2, 0) is 0 Å². The van der Waals surface area contributed by atoms with Crippen LogP contribution in [0.3, 0.4) is 0 Å². The van der Waals surface area contributed by atoms with Gasteiger partial charge in [-0.25, -0.2) is 4.98 Å². The lowest BCUT2D eigenvalue weighted by molar-refractivity contribution is 1.11. The van der Waals surface area contributed by atoms with Crippen molar-refractivity contribution < 1.29 is 0 Å². The van der Waals surface area contributed by atoms with Crippen molar-refractivity contribution in [3.8, 4) is 0 Å². The number of hydrogen-bond donors (Lipinski definition) is 1. The molecule has 0 fully saturated rings. The van der Waals surface area contributed by atoms with Crippen molar-refractivity contribution in [1.82, 2.24) is 4.98 Å². The number of aryl methyl sites for hydroxylation is 3. The number of pyridine rings is 1. The van der Waals surface area contributed by atoms with Crippen LogP contribution in [0.5, 0.6) is 0 Å². The lowest BCUT2D eigenvalue weighted by Crippen LogP contribution is -1.92. The van der Waals surface area contributed by atoms with Crippen LogP contribution in [0.15, 0.2) is 40.4 Å². The molecule has 1 aromatic heterocycles. The summed E-state index contributed by atoms with van der Waals surface area (Å²) >= 11 is 1.68. The third-order valence-corrected chi connectivity index (χ3v) is 3.78. The molecule has 0 saturated heterocycles. The fourth-order valence-corrected chi connectivity index (χ4v) is 2.57. The van der Waals surface area contributed by atoms with Crippen molar-refractivity contribution in [3.63, 3.8) is 0 Å². The topological polar surface area (TPSA) is 38.9 Å². The molecular formula is C14H16N2S. The van der Waals surface area contributed by atoms with Crippen LogP contribution >= 0.6 is 11.8 Å². The second kappa shape index (κ2) is 4.80. The molecule has 0 radical (unpaired) electrons. The summed E-state index contributed by atoms with van der Waals surface area (Å²) in [6.07, 6.45) is 1.72. The third-order valence-electron chi connectivity index (χ3n) is 2.68. The predicted molar refractivity (Wildman–Crippen MR) is 73.4 cm³/mol. The molecule has 0 aliphatic rings. The van der Waals surface area contributed by atoms with E-state index < -0.39 is 0 Å². The maximum atomic E-state index is 5.76. The SMILES string of the molecule is Cc1ccc(C)c(Sc2cc(C)c(N)cn2)c1. The number of hydrogen-bond acceptors (Lipinski definition) is 3. The number of nitrogen functional groups attached to an aromatic ring is 1. The third kappa shape index (κ3) is 2.80. The van der Waals surface area contributed by atoms with E-state index in [0.717, 1.165) is 16.3 Å². The monoisotopic (exact) mass is 244 g/mol. The highest BCUT2D eigenvalue weighted by molar-refractivity contribution is 7.99. The number of anilines is 1. The Kier molecular flexibility index (Phi) is 3.38. The molecule has 0 spiro atoms. The molecule has 0 bridgehead atoms. The molecule has 0 aliphatic carbocycles. The molecule has 2 rings (SSSR count). The van der Waals surface area contributed by atoms with Gasteiger partial charge in [0.2, 0.25) is 0 Å². The van der Waals surface area contributed by atoms with Gasteiger partial charge in [0.25, 0.3) is 0 Å². The minimum absolute atomic E-state index is 0.746. The Bertz CT molecular complexity index is 550. The van der Waals surface area contributed by atoms with E-state index in [0.29, 0.717) is 0 Å². The quantitative estimate of drug-likeness (QED) is 0.874. The summed E-state index contributed by atoms with van der Waals surface area (Å²) in [4.78, 5) is 5.59. The Hall–Kier alpha value is -1.48. The molecule has 1 aromatic carbocycles. The van der Waals surface area contributed by atoms with Gasteiger partial charge < -0.3 is 5.73 Å². The van der Waals surface area contributed by atoms with Gasteiger partial charge in [-0.3, -0.25) is 0 Å². The molecule has 2 N–H and O–H groups in total. The first-order valence-electron chi connectivity index (χ1n) is 5.53. The Labute approximate surface area is 106 Å². The first-order valence-corrected chi connectivity index (χ1v) is 6.35. The molecule has 3 heteroatoms. The van der Waals surface area contributed by atoms with Gasteiger partial charge >= 0.3 is 0 Å². The second-order valence-corrected chi connectivity index (χ2v) is 5.31. The van der Waals surface area contributed by atoms with Gasteiger partial charge in [0, 0.05) is 4.90 Å². The van der Waals surface area contributed by atoms with Gasteiger partial charge in [0.1, 0.15) is 5.03 Å². The summed E-state index contributed by atoms with van der Waals surface area (Å²) in [6.45, 7) is 6.22. The molecule has 0 unspecified atom stereocenters. The summed E-state index contributed by atoms with van der Waals surface area (Å²) in [7, 11) is 0. The molecule has 1 heterocycles. The number of nitrogens with two attached hydrogens (primary N) is 1. The average Bonchev–Trinajstić information content (AvgIpc) is 2.29. The minimum Gasteiger partial charge on any atom is -0.397 e. The highest BCUT2D eigenvalue weighted by Gasteiger charge is 2.04. The molecule has 0 atom stereocenters. The van der Waals surface area contributed by atoms with E-state index in [2.05, 4.69) is 37.0 Å². The molecule has 2 nitrogen and oxygen atoms in total. The maximum absolute atomic E-state index is 5.76. The standard InChI is InChI=1S/C14H16N2S/c1-9-4-5-10(2)13(6-9)17-14-7-11(3)12(15)8-16-14/h4-8H,15H2,1-3H3. The van der Waals surface area contributed by atoms with Crippen LogP contribution in [0.25, 0.3) is 0 Å². The van der Waals surface area contributed by atoms with Gasteiger partial charge in [-0.1, -0.05) is 23.9 Å². The van der Waals surface area contributed by atoms with E-state index in [4.69, 9.17) is 5.73 Å². The highest BCUT2D eigenvalue weighted by atomic mass is 32.2. The van der Waals surface area contributed by atoms with Gasteiger partial charge in [0.15, 0.2) is 0 Å². The molecular weight excluding hydrogens is 228 g/mol. The lowest BCUT2D eigenvalue weighted by atomic mass is 10.2. The Morgan fingerprint density at radius 1 is 1.06 bits per heavy atom. The largest absolute Gasteiger partial charge is 0.397 e. The van der Waals surface area contributed by atoms with Gasteiger partial charge in [-0.15, -0.1) is 0 Å². The zero-order valence-electron chi connectivity index (χ0n) is 10.3. The van der Waals surface area contributed by atoms with E-state index in [9.17, 15) is 0 Å². The fraction of sp³-hybridized carbons (Fsp3) is 0.214. The lowest BCUT2D eigenvalue weighted by Gasteiger charge is -2.07. The number of benzene rings is 1. The van der Waals surface area contributed by atoms with Crippen molar-refractivity contribution in [2.24, 2.45) is 0 Å². The van der Waals surface area contributed by atoms with Crippen LogP contribution in [0.1, 0.15) is 16.7 Å². The van der Waals surface area contributed by atoms with E-state index in [1.165, 1.54) is 16.0 Å². The Morgan fingerprint density at radius 2 is 1.82 bits per heavy atom. The van der Waals surface area contributed by atoms with Crippen molar-refractivity contribution in [1.29, 1.82) is 0 Å². The second-order valence-electron chi connectivity index (χ2n) is 4.25. The zero-order valence-corrected chi connectivity index (χ0v) is 11.1. The van der Waals surface area contributed by atoms with Crippen molar-refractivity contribution in [2.75, 3.05) is 5.73 Å². The van der Waals surface area contributed by atoms with Crippen LogP contribution in [-0.4, -0.2) is 4.98 Å². The first kappa shape index (κ1) is 12.0. The fourth-order valence-electron chi connectivity index (χ4n) is 1.53. The summed E-state index contributed by atoms with van der Waals surface area (Å²) in [5.41, 5.74) is 10.1. The van der Waals surface area contributed by atoms with E-state index in [-0.39, 0.29) is 0 Å². The number of aromatic nitrogens is 1. The molecule has 0 saturated carbocycles. The molecule has 2 aromatic rings. The predicted octanol–water partition coefficient (Wildman–Crippen LogP) is 3.74. The van der Waals surface area contributed by atoms with Crippen molar-refractivity contribution in [3.05, 3.63) is 47.2 Å². The molecule has 88 valence electrons. The maximum Gasteiger partial charge on any atom is 0.101 e. The van der Waals surface area contributed by atoms with Crippen LogP contribution in [0, 0.1) is 20.8 Å². The summed E-state index contributed by atoms with van der Waals surface area (Å²) < 4.78 is 0. The zero-order chi connectivity index (χ0) is 12.4. The van der Waals surface area contributed by atoms with Gasteiger partial charge in [-0.2, -0.15) is 0 Å². The molecule has 0 amide bonds. The minimum atomic E-state index is 0.746. The first-order chi connectivity index (χ1) is 8.06. The van der Waals surface area contributed by atoms with Crippen LogP contribution in [0.4, 0.5) is 5.69 Å². The van der Waals surface area contributed by atoms with Crippen molar-refractivity contribution in [2.45, 2.75) is 30.7 Å². The van der Waals surface area contributed by atoms with Crippen molar-refractivity contribution >= 4 is 17.4 Å². The summed E-state index contributed by atoms with van der Waals surface area (Å²) in [6, 6.07) is 8.48. The average molecular weight is 244 g/mol. The molecule has 17 heavy (non-hydrogen) atoms. The van der Waals surface area contributed by atoms with Crippen LogP contribution in [0.2, 0.25) is 0 Å². The van der Waals surface area contributed by atoms with E-state index >= 15 is 0 Å². The highest BCUT2D eigenvalue weighted by Crippen LogP contribution is 2.30. The summed E-state index contributed by atoms with van der Waals surface area (Å²) in [5.74, 6) is 0. The Morgan fingerprint density at radius 3 is 2.53 bits per heavy atom. The smallest absolute Gasteiger partial charge is 0.101 e. The van der Waals surface area contributed by atoms with Crippen LogP contribution < -0.4 is 5.73 Å². The summed E-state index contributed by atoms with van der Waals surface area (Å²) in [5, 5.41) is 0.991. The normalized spacial score (nSPS) is 10.5. The number of rotatable bonds is 2. The Balaban J connectivity index is 2.31. The number of nitrogens with zero attached hydrogens (tertiary/aromatic N) is 1. The molecule has 0 aliphatic heterocycles. The van der Waals surface area contributed by atoms with E-state index in [1.807, 2.05) is 13.0 Å². The van der Waals surface area contributed by atoms with Gasteiger partial charge in [0.05, 0.1) is 11.9 Å². The van der Waals surface area contributed by atoms with E-state index in [1.54, 1.807) is 18.0 Å². The van der Waals surface area contributed by atoms with Gasteiger partial charge in [-0.05, 0) is 49.6 Å².